The van der Waals surface area contributed by atoms with Crippen molar-refractivity contribution < 1.29 is 12.8 Å². The second kappa shape index (κ2) is 5.72. The van der Waals surface area contributed by atoms with Gasteiger partial charge < -0.3 is 4.90 Å². The maximum Gasteiger partial charge on any atom is 0.278 e. The molecule has 0 unspecified atom stereocenters. The van der Waals surface area contributed by atoms with Gasteiger partial charge in [0.1, 0.15) is 5.82 Å². The lowest BCUT2D eigenvalue weighted by atomic mass is 10.2. The van der Waals surface area contributed by atoms with Gasteiger partial charge in [-0.3, -0.25) is 9.82 Å². The van der Waals surface area contributed by atoms with Crippen molar-refractivity contribution in [2.24, 2.45) is 0 Å². The number of halogens is 1. The van der Waals surface area contributed by atoms with E-state index in [1.165, 1.54) is 18.3 Å². The number of hydrogen-bond acceptors (Lipinski definition) is 4. The van der Waals surface area contributed by atoms with E-state index < -0.39 is 15.8 Å². The van der Waals surface area contributed by atoms with Crippen LogP contribution in [0.3, 0.4) is 0 Å². The van der Waals surface area contributed by atoms with Crippen LogP contribution in [0, 0.1) is 5.82 Å². The second-order valence-corrected chi connectivity index (χ2v) is 6.55. The number of sulfonamides is 1. The molecular formula is C13H17FN4O2S. The van der Waals surface area contributed by atoms with Crippen molar-refractivity contribution in [1.82, 2.24) is 10.2 Å². The van der Waals surface area contributed by atoms with Crippen molar-refractivity contribution >= 4 is 21.4 Å². The third-order valence-corrected chi connectivity index (χ3v) is 4.43. The van der Waals surface area contributed by atoms with Gasteiger partial charge in [0.05, 0.1) is 17.6 Å². The Bertz CT molecular complexity index is 714. The Morgan fingerprint density at radius 1 is 1.33 bits per heavy atom. The molecule has 0 aliphatic carbocycles. The molecule has 0 bridgehead atoms. The first kappa shape index (κ1) is 15.3. The molecule has 0 aliphatic heterocycles. The Labute approximate surface area is 123 Å². The zero-order chi connectivity index (χ0) is 15.6. The van der Waals surface area contributed by atoms with Crippen LogP contribution in [-0.2, 0) is 10.0 Å². The van der Waals surface area contributed by atoms with Crippen LogP contribution in [0.2, 0.25) is 0 Å². The van der Waals surface area contributed by atoms with Gasteiger partial charge in [0.25, 0.3) is 10.0 Å². The summed E-state index contributed by atoms with van der Waals surface area (Å²) in [5.74, 6) is -0.490. The molecule has 0 saturated carbocycles. The predicted molar refractivity (Wildman–Crippen MR) is 79.3 cm³/mol. The number of benzene rings is 1. The third-order valence-electron chi connectivity index (χ3n) is 3.12. The summed E-state index contributed by atoms with van der Waals surface area (Å²) < 4.78 is 40.4. The van der Waals surface area contributed by atoms with E-state index in [1.807, 2.05) is 13.8 Å². The molecule has 6 nitrogen and oxygen atoms in total. The molecule has 1 aromatic carbocycles. The van der Waals surface area contributed by atoms with E-state index in [0.29, 0.717) is 5.69 Å². The zero-order valence-electron chi connectivity index (χ0n) is 12.0. The quantitative estimate of drug-likeness (QED) is 0.887. The molecule has 0 saturated heterocycles. The molecule has 0 fully saturated rings. The van der Waals surface area contributed by atoms with Gasteiger partial charge in [-0.2, -0.15) is 13.5 Å². The van der Waals surface area contributed by atoms with Gasteiger partial charge in [-0.05, 0) is 32.0 Å². The van der Waals surface area contributed by atoms with Crippen molar-refractivity contribution in [3.8, 4) is 0 Å². The maximum atomic E-state index is 14.1. The summed E-state index contributed by atoms with van der Waals surface area (Å²) in [6.07, 6.45) is 1.33. The zero-order valence-corrected chi connectivity index (χ0v) is 12.8. The lowest BCUT2D eigenvalue weighted by Crippen LogP contribution is -2.26. The molecule has 114 valence electrons. The van der Waals surface area contributed by atoms with Crippen LogP contribution >= 0.6 is 0 Å². The Morgan fingerprint density at radius 2 is 2.05 bits per heavy atom. The summed E-state index contributed by atoms with van der Waals surface area (Å²) in [5, 5.41) is 5.86. The minimum Gasteiger partial charge on any atom is -0.370 e. The van der Waals surface area contributed by atoms with Gasteiger partial charge in [0, 0.05) is 19.2 Å². The summed E-state index contributed by atoms with van der Waals surface area (Å²) in [6.45, 7) is 3.88. The summed E-state index contributed by atoms with van der Waals surface area (Å²) in [6, 6.07) is 5.67. The number of rotatable bonds is 5. The lowest BCUT2D eigenvalue weighted by molar-refractivity contribution is 0.597. The summed E-state index contributed by atoms with van der Waals surface area (Å²) >= 11 is 0. The number of nitrogens with zero attached hydrogens (tertiary/aromatic N) is 2. The SMILES string of the molecule is CC(C)N(C)c1ccc(NS(=O)(=O)c2ccn[nH]2)cc1F. The highest BCUT2D eigenvalue weighted by Crippen LogP contribution is 2.24. The van der Waals surface area contributed by atoms with Gasteiger partial charge in [-0.1, -0.05) is 0 Å². The number of nitrogens with one attached hydrogen (secondary N) is 2. The van der Waals surface area contributed by atoms with Crippen LogP contribution in [0.25, 0.3) is 0 Å². The van der Waals surface area contributed by atoms with Crippen LogP contribution in [-0.4, -0.2) is 31.7 Å². The Kier molecular flexibility index (Phi) is 4.17. The average Bonchev–Trinajstić information content (AvgIpc) is 2.92. The van der Waals surface area contributed by atoms with Crippen molar-refractivity contribution in [2.75, 3.05) is 16.7 Å². The molecule has 1 heterocycles. The average molecular weight is 312 g/mol. The smallest absolute Gasteiger partial charge is 0.278 e. The van der Waals surface area contributed by atoms with Crippen LogP contribution in [0.1, 0.15) is 13.8 Å². The van der Waals surface area contributed by atoms with Crippen molar-refractivity contribution in [3.63, 3.8) is 0 Å². The van der Waals surface area contributed by atoms with Crippen LogP contribution in [0.5, 0.6) is 0 Å². The fraction of sp³-hybridized carbons (Fsp3) is 0.308. The molecule has 2 N–H and O–H groups in total. The highest BCUT2D eigenvalue weighted by molar-refractivity contribution is 7.92. The normalized spacial score (nSPS) is 11.7. The lowest BCUT2D eigenvalue weighted by Gasteiger charge is -2.24. The number of aromatic amines is 1. The van der Waals surface area contributed by atoms with E-state index in [4.69, 9.17) is 0 Å². The summed E-state index contributed by atoms with van der Waals surface area (Å²) in [7, 11) is -2.01. The van der Waals surface area contributed by atoms with Gasteiger partial charge >= 0.3 is 0 Å². The maximum absolute atomic E-state index is 14.1. The molecule has 1 aromatic heterocycles. The van der Waals surface area contributed by atoms with Gasteiger partial charge in [-0.25, -0.2) is 4.39 Å². The molecule has 0 spiro atoms. The number of aromatic nitrogens is 2. The van der Waals surface area contributed by atoms with Crippen LogP contribution in [0.4, 0.5) is 15.8 Å². The predicted octanol–water partition coefficient (Wildman–Crippen LogP) is 2.19. The van der Waals surface area contributed by atoms with Crippen molar-refractivity contribution in [2.45, 2.75) is 24.9 Å². The number of H-pyrrole nitrogens is 1. The van der Waals surface area contributed by atoms with E-state index in [0.717, 1.165) is 6.07 Å². The summed E-state index contributed by atoms with van der Waals surface area (Å²) in [4.78, 5) is 1.77. The van der Waals surface area contributed by atoms with E-state index >= 15 is 0 Å². The van der Waals surface area contributed by atoms with Crippen LogP contribution < -0.4 is 9.62 Å². The first-order chi connectivity index (χ1) is 9.81. The topological polar surface area (TPSA) is 78.1 Å². The molecule has 0 aliphatic rings. The van der Waals surface area contributed by atoms with E-state index in [-0.39, 0.29) is 16.8 Å². The monoisotopic (exact) mass is 312 g/mol. The van der Waals surface area contributed by atoms with E-state index in [2.05, 4.69) is 14.9 Å². The van der Waals surface area contributed by atoms with Crippen LogP contribution in [0.15, 0.2) is 35.5 Å². The van der Waals surface area contributed by atoms with Gasteiger partial charge in [0.2, 0.25) is 0 Å². The van der Waals surface area contributed by atoms with Gasteiger partial charge in [-0.15, -0.1) is 0 Å². The second-order valence-electron chi connectivity index (χ2n) is 4.90. The Morgan fingerprint density at radius 3 is 2.57 bits per heavy atom. The van der Waals surface area contributed by atoms with Crippen molar-refractivity contribution in [1.29, 1.82) is 0 Å². The molecule has 0 radical (unpaired) electrons. The minimum atomic E-state index is -3.78. The Balaban J connectivity index is 2.26. The minimum absolute atomic E-state index is 0.0775. The third kappa shape index (κ3) is 3.33. The molecule has 21 heavy (non-hydrogen) atoms. The molecular weight excluding hydrogens is 295 g/mol. The highest BCUT2D eigenvalue weighted by atomic mass is 32.2. The standard InChI is InChI=1S/C13H17FN4O2S/c1-9(2)18(3)12-5-4-10(8-11(12)14)17-21(19,20)13-6-7-15-16-13/h4-9,17H,1-3H3,(H,15,16). The molecule has 2 aromatic rings. The molecule has 8 heteroatoms. The van der Waals surface area contributed by atoms with E-state index in [1.54, 1.807) is 18.0 Å². The summed E-state index contributed by atoms with van der Waals surface area (Å²) in [5.41, 5.74) is 0.567. The fourth-order valence-electron chi connectivity index (χ4n) is 1.74. The molecule has 0 atom stereocenters. The van der Waals surface area contributed by atoms with Crippen molar-refractivity contribution in [3.05, 3.63) is 36.3 Å². The first-order valence-electron chi connectivity index (χ1n) is 6.36. The fourth-order valence-corrected chi connectivity index (χ4v) is 2.70. The molecule has 0 amide bonds. The van der Waals surface area contributed by atoms with E-state index in [9.17, 15) is 12.8 Å². The molecule has 2 rings (SSSR count). The first-order valence-corrected chi connectivity index (χ1v) is 7.84. The number of anilines is 2. The largest absolute Gasteiger partial charge is 0.370 e. The highest BCUT2D eigenvalue weighted by Gasteiger charge is 2.17. The Hall–Kier alpha value is -2.09. The number of hydrogen-bond donors (Lipinski definition) is 2. The van der Waals surface area contributed by atoms with Gasteiger partial charge in [0.15, 0.2) is 5.03 Å².